The molecule has 19 heavy (non-hydrogen) atoms. The van der Waals surface area contributed by atoms with Gasteiger partial charge in [-0.15, -0.1) is 0 Å². The van der Waals surface area contributed by atoms with Gasteiger partial charge in [0.1, 0.15) is 0 Å². The number of amides is 1. The summed E-state index contributed by atoms with van der Waals surface area (Å²) in [7, 11) is 0. The summed E-state index contributed by atoms with van der Waals surface area (Å²) in [6, 6.07) is 0. The molecule has 3 unspecified atom stereocenters. The molecule has 1 heterocycles. The van der Waals surface area contributed by atoms with Gasteiger partial charge in [-0.2, -0.15) is 0 Å². The van der Waals surface area contributed by atoms with Crippen LogP contribution in [0.1, 0.15) is 39.0 Å². The van der Waals surface area contributed by atoms with Crippen LogP contribution in [-0.4, -0.2) is 36.5 Å². The molecule has 0 aromatic heterocycles. The molecular formula is C15H23NO3. The summed E-state index contributed by atoms with van der Waals surface area (Å²) in [6.45, 7) is 3.65. The van der Waals surface area contributed by atoms with Gasteiger partial charge in [0.15, 0.2) is 0 Å². The number of hydrogen-bond donors (Lipinski definition) is 0. The number of nitrogens with zero attached hydrogens (tertiary/aromatic N) is 1. The van der Waals surface area contributed by atoms with Crippen LogP contribution in [-0.2, 0) is 14.3 Å². The average Bonchev–Trinajstić information content (AvgIpc) is 3.05. The van der Waals surface area contributed by atoms with E-state index in [0.717, 1.165) is 44.1 Å². The third-order valence-electron chi connectivity index (χ3n) is 4.95. The minimum Gasteiger partial charge on any atom is -0.466 e. The lowest BCUT2D eigenvalue weighted by molar-refractivity contribution is -0.152. The van der Waals surface area contributed by atoms with Gasteiger partial charge in [0, 0.05) is 19.0 Å². The van der Waals surface area contributed by atoms with Crippen LogP contribution < -0.4 is 0 Å². The third-order valence-corrected chi connectivity index (χ3v) is 4.95. The van der Waals surface area contributed by atoms with Crippen molar-refractivity contribution in [2.75, 3.05) is 19.7 Å². The lowest BCUT2D eigenvalue weighted by Crippen LogP contribution is -2.45. The summed E-state index contributed by atoms with van der Waals surface area (Å²) in [5.41, 5.74) is 0. The van der Waals surface area contributed by atoms with Crippen LogP contribution >= 0.6 is 0 Å². The van der Waals surface area contributed by atoms with Gasteiger partial charge in [0.25, 0.3) is 0 Å². The van der Waals surface area contributed by atoms with E-state index in [4.69, 9.17) is 4.74 Å². The Labute approximate surface area is 114 Å². The van der Waals surface area contributed by atoms with Gasteiger partial charge in [0.2, 0.25) is 5.91 Å². The average molecular weight is 265 g/mol. The van der Waals surface area contributed by atoms with Gasteiger partial charge in [0.05, 0.1) is 12.5 Å². The predicted molar refractivity (Wildman–Crippen MR) is 70.3 cm³/mol. The number of ether oxygens (including phenoxy) is 1. The van der Waals surface area contributed by atoms with Crippen molar-refractivity contribution >= 4 is 11.9 Å². The number of esters is 1. The number of carbonyl (C=O) groups is 2. The molecule has 0 spiro atoms. The molecule has 3 fully saturated rings. The first-order chi connectivity index (χ1) is 9.19. The second-order valence-corrected chi connectivity index (χ2v) is 6.30. The Balaban J connectivity index is 1.55. The summed E-state index contributed by atoms with van der Waals surface area (Å²) in [4.78, 5) is 26.2. The second-order valence-electron chi connectivity index (χ2n) is 6.30. The van der Waals surface area contributed by atoms with Crippen molar-refractivity contribution in [1.29, 1.82) is 0 Å². The molecule has 4 nitrogen and oxygen atoms in total. The predicted octanol–water partition coefficient (Wildman–Crippen LogP) is 1.83. The molecule has 2 saturated carbocycles. The maximum atomic E-state index is 12.5. The molecule has 0 radical (unpaired) electrons. The maximum Gasteiger partial charge on any atom is 0.310 e. The van der Waals surface area contributed by atoms with Gasteiger partial charge in [-0.05, 0) is 50.9 Å². The molecular weight excluding hydrogens is 242 g/mol. The first-order valence-electron chi connectivity index (χ1n) is 7.64. The van der Waals surface area contributed by atoms with E-state index in [1.54, 1.807) is 0 Å². The Bertz CT molecular complexity index is 372. The van der Waals surface area contributed by atoms with Crippen molar-refractivity contribution in [3.05, 3.63) is 0 Å². The fourth-order valence-electron chi connectivity index (χ4n) is 3.80. The van der Waals surface area contributed by atoms with E-state index in [0.29, 0.717) is 19.1 Å². The lowest BCUT2D eigenvalue weighted by atomic mass is 9.95. The minimum atomic E-state index is -0.130. The summed E-state index contributed by atoms with van der Waals surface area (Å²) >= 11 is 0. The summed E-state index contributed by atoms with van der Waals surface area (Å²) in [6.07, 6.45) is 5.30. The first-order valence-corrected chi connectivity index (χ1v) is 7.64. The van der Waals surface area contributed by atoms with Crippen LogP contribution in [0.5, 0.6) is 0 Å². The summed E-state index contributed by atoms with van der Waals surface area (Å²) < 4.78 is 5.08. The molecule has 0 aromatic carbocycles. The van der Waals surface area contributed by atoms with Crippen molar-refractivity contribution in [3.63, 3.8) is 0 Å². The minimum absolute atomic E-state index is 0.103. The molecule has 2 aliphatic carbocycles. The Morgan fingerprint density at radius 1 is 1.16 bits per heavy atom. The molecule has 4 heteroatoms. The maximum absolute atomic E-state index is 12.5. The number of piperidine rings is 1. The van der Waals surface area contributed by atoms with E-state index < -0.39 is 0 Å². The fraction of sp³-hybridized carbons (Fsp3) is 0.867. The molecule has 106 valence electrons. The summed E-state index contributed by atoms with van der Waals surface area (Å²) in [5.74, 6) is 1.97. The molecule has 0 bridgehead atoms. The van der Waals surface area contributed by atoms with Crippen molar-refractivity contribution in [1.82, 2.24) is 4.90 Å². The van der Waals surface area contributed by atoms with Gasteiger partial charge in [-0.1, -0.05) is 0 Å². The number of rotatable bonds is 3. The van der Waals surface area contributed by atoms with Crippen LogP contribution in [0.2, 0.25) is 0 Å². The van der Waals surface area contributed by atoms with E-state index in [1.165, 1.54) is 6.42 Å². The van der Waals surface area contributed by atoms with Gasteiger partial charge in [-0.25, -0.2) is 0 Å². The Kier molecular flexibility index (Phi) is 3.50. The van der Waals surface area contributed by atoms with Crippen LogP contribution in [0.4, 0.5) is 0 Å². The number of likely N-dealkylation sites (tertiary alicyclic amines) is 1. The highest BCUT2D eigenvalue weighted by molar-refractivity contribution is 5.81. The van der Waals surface area contributed by atoms with Crippen molar-refractivity contribution in [3.8, 4) is 0 Å². The second kappa shape index (κ2) is 5.14. The lowest BCUT2D eigenvalue weighted by Gasteiger charge is -2.33. The quantitative estimate of drug-likeness (QED) is 0.731. The van der Waals surface area contributed by atoms with E-state index in [1.807, 2.05) is 11.8 Å². The van der Waals surface area contributed by atoms with Crippen molar-refractivity contribution < 1.29 is 14.3 Å². The zero-order valence-corrected chi connectivity index (χ0v) is 11.6. The molecule has 1 saturated heterocycles. The summed E-state index contributed by atoms with van der Waals surface area (Å²) in [5, 5.41) is 0. The largest absolute Gasteiger partial charge is 0.466 e. The normalized spacial score (nSPS) is 36.8. The van der Waals surface area contributed by atoms with E-state index in [2.05, 4.69) is 0 Å². The molecule has 0 aromatic rings. The zero-order chi connectivity index (χ0) is 13.4. The molecule has 0 N–H and O–H groups in total. The smallest absolute Gasteiger partial charge is 0.310 e. The monoisotopic (exact) mass is 265 g/mol. The topological polar surface area (TPSA) is 46.6 Å². The SMILES string of the molecule is CCOC(=O)C1CCCN(C(=O)C2CC3CC3C2)C1. The number of hydrogen-bond acceptors (Lipinski definition) is 3. The van der Waals surface area contributed by atoms with Crippen LogP contribution in [0.15, 0.2) is 0 Å². The fourth-order valence-corrected chi connectivity index (χ4v) is 3.80. The third kappa shape index (κ3) is 2.63. The highest BCUT2D eigenvalue weighted by Gasteiger charge is 2.49. The van der Waals surface area contributed by atoms with Crippen molar-refractivity contribution in [2.24, 2.45) is 23.7 Å². The Morgan fingerprint density at radius 3 is 2.58 bits per heavy atom. The van der Waals surface area contributed by atoms with Crippen LogP contribution in [0.3, 0.4) is 0 Å². The van der Waals surface area contributed by atoms with Gasteiger partial charge >= 0.3 is 5.97 Å². The highest BCUT2D eigenvalue weighted by atomic mass is 16.5. The number of fused-ring (bicyclic) bond motifs is 1. The van der Waals surface area contributed by atoms with E-state index >= 15 is 0 Å². The molecule has 1 amide bonds. The van der Waals surface area contributed by atoms with E-state index in [9.17, 15) is 9.59 Å². The Hall–Kier alpha value is -1.06. The standard InChI is InChI=1S/C15H23NO3/c1-2-19-15(18)10-4-3-5-16(9-10)14(17)13-7-11-6-12(11)8-13/h10-13H,2-9H2,1H3. The number of carbonyl (C=O) groups excluding carboxylic acids is 2. The zero-order valence-electron chi connectivity index (χ0n) is 11.6. The van der Waals surface area contributed by atoms with Gasteiger partial charge < -0.3 is 9.64 Å². The van der Waals surface area contributed by atoms with Crippen LogP contribution in [0.25, 0.3) is 0 Å². The molecule has 3 atom stereocenters. The van der Waals surface area contributed by atoms with Crippen LogP contribution in [0, 0.1) is 23.7 Å². The van der Waals surface area contributed by atoms with Crippen molar-refractivity contribution in [2.45, 2.75) is 39.0 Å². The Morgan fingerprint density at radius 2 is 1.89 bits per heavy atom. The molecule has 3 rings (SSSR count). The molecule has 3 aliphatic rings. The first kappa shape index (κ1) is 12.9. The highest BCUT2D eigenvalue weighted by Crippen LogP contribution is 2.54. The van der Waals surface area contributed by atoms with E-state index in [-0.39, 0.29) is 17.8 Å². The van der Waals surface area contributed by atoms with Gasteiger partial charge in [-0.3, -0.25) is 9.59 Å². The molecule has 1 aliphatic heterocycles.